The van der Waals surface area contributed by atoms with E-state index in [0.29, 0.717) is 6.42 Å². The molecule has 0 aliphatic heterocycles. The van der Waals surface area contributed by atoms with E-state index >= 15 is 0 Å². The fourth-order valence-corrected chi connectivity index (χ4v) is 2.41. The van der Waals surface area contributed by atoms with Gasteiger partial charge in [0.05, 0.1) is 6.10 Å². The molecule has 0 bridgehead atoms. The van der Waals surface area contributed by atoms with Crippen molar-refractivity contribution >= 4 is 21.6 Å². The molecule has 0 saturated carbocycles. The number of hydrogen-bond acceptors (Lipinski definition) is 3. The monoisotopic (exact) mass is 281 g/mol. The zero-order chi connectivity index (χ0) is 13.1. The van der Waals surface area contributed by atoms with Crippen molar-refractivity contribution in [3.05, 3.63) is 29.0 Å². The van der Waals surface area contributed by atoms with Gasteiger partial charge in [-0.2, -0.15) is 0 Å². The number of rotatable bonds is 5. The first kappa shape index (κ1) is 14.4. The number of aliphatic hydroxyl groups excluding tert-OH is 1. The molecule has 1 rings (SSSR count). The highest BCUT2D eigenvalue weighted by Crippen LogP contribution is 2.18. The van der Waals surface area contributed by atoms with Gasteiger partial charge in [0.1, 0.15) is 10.7 Å². The van der Waals surface area contributed by atoms with Crippen LogP contribution in [0.2, 0.25) is 5.02 Å². The Hall–Kier alpha value is -0.690. The Kier molecular flexibility index (Phi) is 4.88. The summed E-state index contributed by atoms with van der Waals surface area (Å²) in [6, 6.07) is 3.29. The van der Waals surface area contributed by atoms with Crippen LogP contribution in [-0.2, 0) is 10.0 Å². The van der Waals surface area contributed by atoms with Crippen molar-refractivity contribution in [1.29, 1.82) is 0 Å². The second kappa shape index (κ2) is 5.77. The minimum Gasteiger partial charge on any atom is -0.392 e. The SMILES string of the molecule is CCC(O)CNS(=O)(=O)c1ccc(Cl)cc1F. The van der Waals surface area contributed by atoms with Crippen molar-refractivity contribution < 1.29 is 17.9 Å². The van der Waals surface area contributed by atoms with Gasteiger partial charge in [-0.15, -0.1) is 0 Å². The van der Waals surface area contributed by atoms with Crippen LogP contribution in [0.15, 0.2) is 23.1 Å². The average Bonchev–Trinajstić information content (AvgIpc) is 2.25. The third-order valence-corrected chi connectivity index (χ3v) is 3.86. The Morgan fingerprint density at radius 3 is 2.71 bits per heavy atom. The summed E-state index contributed by atoms with van der Waals surface area (Å²) in [4.78, 5) is -0.481. The molecule has 1 unspecified atom stereocenters. The summed E-state index contributed by atoms with van der Waals surface area (Å²) in [6.45, 7) is 1.56. The van der Waals surface area contributed by atoms with Crippen LogP contribution in [0.1, 0.15) is 13.3 Å². The Bertz CT molecular complexity index is 492. The predicted octanol–water partition coefficient (Wildman–Crippen LogP) is 1.53. The molecule has 0 heterocycles. The van der Waals surface area contributed by atoms with Gasteiger partial charge in [-0.05, 0) is 24.6 Å². The van der Waals surface area contributed by atoms with Crippen LogP contribution < -0.4 is 4.72 Å². The molecule has 17 heavy (non-hydrogen) atoms. The molecule has 0 radical (unpaired) electrons. The lowest BCUT2D eigenvalue weighted by Gasteiger charge is -2.10. The lowest BCUT2D eigenvalue weighted by Crippen LogP contribution is -2.32. The average molecular weight is 282 g/mol. The van der Waals surface area contributed by atoms with Gasteiger partial charge in [0.25, 0.3) is 0 Å². The molecule has 7 heteroatoms. The maximum absolute atomic E-state index is 13.4. The van der Waals surface area contributed by atoms with E-state index in [0.717, 1.165) is 12.1 Å². The normalized spacial score (nSPS) is 13.6. The molecule has 0 spiro atoms. The fourth-order valence-electron chi connectivity index (χ4n) is 1.12. The van der Waals surface area contributed by atoms with Crippen LogP contribution in [0.4, 0.5) is 4.39 Å². The molecule has 1 atom stereocenters. The van der Waals surface area contributed by atoms with Crippen molar-refractivity contribution in [2.24, 2.45) is 0 Å². The summed E-state index contributed by atoms with van der Waals surface area (Å²) in [6.07, 6.45) is -0.383. The van der Waals surface area contributed by atoms with E-state index in [4.69, 9.17) is 11.6 Å². The number of sulfonamides is 1. The molecule has 0 fully saturated rings. The molecule has 1 aromatic carbocycles. The zero-order valence-corrected chi connectivity index (χ0v) is 10.7. The minimum atomic E-state index is -3.96. The molecule has 96 valence electrons. The quantitative estimate of drug-likeness (QED) is 0.860. The molecule has 0 aliphatic rings. The minimum absolute atomic E-state index is 0.120. The summed E-state index contributed by atoms with van der Waals surface area (Å²) in [5.41, 5.74) is 0. The van der Waals surface area contributed by atoms with Crippen molar-refractivity contribution in [1.82, 2.24) is 4.72 Å². The van der Waals surface area contributed by atoms with Gasteiger partial charge >= 0.3 is 0 Å². The van der Waals surface area contributed by atoms with Crippen LogP contribution in [0.5, 0.6) is 0 Å². The van der Waals surface area contributed by atoms with E-state index in [9.17, 15) is 17.9 Å². The van der Waals surface area contributed by atoms with Gasteiger partial charge in [-0.1, -0.05) is 18.5 Å². The van der Waals surface area contributed by atoms with Crippen LogP contribution in [0.3, 0.4) is 0 Å². The summed E-state index contributed by atoms with van der Waals surface area (Å²) in [5.74, 6) is -0.920. The molecule has 2 N–H and O–H groups in total. The molecule has 0 aliphatic carbocycles. The number of nitrogens with one attached hydrogen (secondary N) is 1. The van der Waals surface area contributed by atoms with Gasteiger partial charge < -0.3 is 5.11 Å². The third-order valence-electron chi connectivity index (χ3n) is 2.16. The topological polar surface area (TPSA) is 66.4 Å². The first-order valence-electron chi connectivity index (χ1n) is 4.99. The lowest BCUT2D eigenvalue weighted by molar-refractivity contribution is 0.174. The summed E-state index contributed by atoms with van der Waals surface area (Å²) in [5, 5.41) is 9.36. The predicted molar refractivity (Wildman–Crippen MR) is 62.9 cm³/mol. The zero-order valence-electron chi connectivity index (χ0n) is 9.15. The van der Waals surface area contributed by atoms with E-state index in [-0.39, 0.29) is 11.6 Å². The Morgan fingerprint density at radius 1 is 1.53 bits per heavy atom. The highest BCUT2D eigenvalue weighted by atomic mass is 35.5. The standard InChI is InChI=1S/C10H13ClFNO3S/c1-2-8(14)6-13-17(15,16)10-4-3-7(11)5-9(10)12/h3-5,8,13-14H,2,6H2,1H3. The number of aliphatic hydroxyl groups is 1. The molecule has 4 nitrogen and oxygen atoms in total. The second-order valence-electron chi connectivity index (χ2n) is 3.49. The van der Waals surface area contributed by atoms with Gasteiger partial charge in [0, 0.05) is 11.6 Å². The maximum Gasteiger partial charge on any atom is 0.243 e. The Morgan fingerprint density at radius 2 is 2.18 bits per heavy atom. The number of benzene rings is 1. The van der Waals surface area contributed by atoms with Gasteiger partial charge in [0.2, 0.25) is 10.0 Å². The second-order valence-corrected chi connectivity index (χ2v) is 5.66. The first-order valence-corrected chi connectivity index (χ1v) is 6.85. The van der Waals surface area contributed by atoms with E-state index < -0.39 is 26.8 Å². The summed E-state index contributed by atoms with van der Waals surface area (Å²) >= 11 is 5.52. The largest absolute Gasteiger partial charge is 0.392 e. The Labute approximate surface area is 104 Å². The van der Waals surface area contributed by atoms with E-state index in [1.807, 2.05) is 0 Å². The lowest BCUT2D eigenvalue weighted by atomic mass is 10.3. The highest BCUT2D eigenvalue weighted by Gasteiger charge is 2.19. The van der Waals surface area contributed by atoms with E-state index in [2.05, 4.69) is 4.72 Å². The molecule has 0 amide bonds. The summed E-state index contributed by atoms with van der Waals surface area (Å²) in [7, 11) is -3.96. The van der Waals surface area contributed by atoms with E-state index in [1.54, 1.807) is 6.92 Å². The van der Waals surface area contributed by atoms with Crippen molar-refractivity contribution in [3.8, 4) is 0 Å². The Balaban J connectivity index is 2.90. The third kappa shape index (κ3) is 3.92. The van der Waals surface area contributed by atoms with Crippen LogP contribution in [0.25, 0.3) is 0 Å². The number of hydrogen-bond donors (Lipinski definition) is 2. The molecule has 0 saturated heterocycles. The van der Waals surface area contributed by atoms with Crippen LogP contribution in [-0.4, -0.2) is 26.2 Å². The fraction of sp³-hybridized carbons (Fsp3) is 0.400. The van der Waals surface area contributed by atoms with Crippen molar-refractivity contribution in [2.45, 2.75) is 24.3 Å². The van der Waals surface area contributed by atoms with Gasteiger partial charge in [-0.3, -0.25) is 0 Å². The molecule has 1 aromatic rings. The molecular weight excluding hydrogens is 269 g/mol. The first-order chi connectivity index (χ1) is 7.86. The number of halogens is 2. The smallest absolute Gasteiger partial charge is 0.243 e. The van der Waals surface area contributed by atoms with Crippen LogP contribution in [0, 0.1) is 5.82 Å². The van der Waals surface area contributed by atoms with Gasteiger partial charge in [0.15, 0.2) is 0 Å². The summed E-state index contributed by atoms with van der Waals surface area (Å²) < 4.78 is 38.9. The van der Waals surface area contributed by atoms with E-state index in [1.165, 1.54) is 6.07 Å². The van der Waals surface area contributed by atoms with Crippen molar-refractivity contribution in [2.75, 3.05) is 6.54 Å². The highest BCUT2D eigenvalue weighted by molar-refractivity contribution is 7.89. The maximum atomic E-state index is 13.4. The molecular formula is C10H13ClFNO3S. The molecule has 0 aromatic heterocycles. The van der Waals surface area contributed by atoms with Crippen LogP contribution >= 0.6 is 11.6 Å². The van der Waals surface area contributed by atoms with Crippen molar-refractivity contribution in [3.63, 3.8) is 0 Å². The van der Waals surface area contributed by atoms with Gasteiger partial charge in [-0.25, -0.2) is 17.5 Å².